The Hall–Kier alpha value is -4.52. The van der Waals surface area contributed by atoms with E-state index in [9.17, 15) is 9.59 Å². The predicted molar refractivity (Wildman–Crippen MR) is 176 cm³/mol. The summed E-state index contributed by atoms with van der Waals surface area (Å²) in [6.07, 6.45) is 4.41. The molecule has 0 aliphatic heterocycles. The lowest BCUT2D eigenvalue weighted by Gasteiger charge is -2.17. The molecule has 0 aliphatic carbocycles. The fraction of sp³-hybridized carbons (Fsp3) is 0.167. The van der Waals surface area contributed by atoms with E-state index >= 15 is 0 Å². The maximum absolute atomic E-state index is 11.8. The number of hydrogen-bond acceptors (Lipinski definition) is 4. The summed E-state index contributed by atoms with van der Waals surface area (Å²) in [5.74, 6) is -0.576. The van der Waals surface area contributed by atoms with Crippen molar-refractivity contribution >= 4 is 56.9 Å². The van der Waals surface area contributed by atoms with Gasteiger partial charge in [0.15, 0.2) is 0 Å². The van der Waals surface area contributed by atoms with Crippen LogP contribution in [0.25, 0.3) is 21.8 Å². The van der Waals surface area contributed by atoms with E-state index in [4.69, 9.17) is 32.7 Å². The standard InChI is InChI=1S/2C18H16ClNO2/c2*1-22-18(21)11-16(12-4-6-15(19)7-5-12)14-3-2-13-8-9-20-17(13)10-14/h2*2-10,16,20H,11H2,1H3. The van der Waals surface area contributed by atoms with Crippen LogP contribution in [0.3, 0.4) is 0 Å². The number of fused-ring (bicyclic) bond motifs is 2. The molecule has 2 atom stereocenters. The van der Waals surface area contributed by atoms with E-state index in [0.29, 0.717) is 22.9 Å². The Bertz CT molecular complexity index is 1720. The molecule has 2 heterocycles. The molecule has 224 valence electrons. The minimum absolute atomic E-state index is 0.0579. The second kappa shape index (κ2) is 14.3. The highest BCUT2D eigenvalue weighted by molar-refractivity contribution is 6.30. The summed E-state index contributed by atoms with van der Waals surface area (Å²) in [4.78, 5) is 30.0. The normalized spacial score (nSPS) is 12.3. The first-order chi connectivity index (χ1) is 21.3. The SMILES string of the molecule is COC(=O)CC(c1ccc(Cl)cc1)c1ccc2cc[nH]c2c1.COC(=O)CC(c1ccc(Cl)cc1)c1ccc2cc[nH]c2c1. The van der Waals surface area contributed by atoms with Gasteiger partial charge in [-0.3, -0.25) is 9.59 Å². The molecule has 2 unspecified atom stereocenters. The number of carbonyl (C=O) groups is 2. The maximum Gasteiger partial charge on any atom is 0.306 e. The topological polar surface area (TPSA) is 84.2 Å². The van der Waals surface area contributed by atoms with Gasteiger partial charge in [0.1, 0.15) is 0 Å². The van der Waals surface area contributed by atoms with Crippen molar-refractivity contribution in [2.45, 2.75) is 24.7 Å². The Morgan fingerprint density at radius 2 is 0.932 bits per heavy atom. The largest absolute Gasteiger partial charge is 0.469 e. The lowest BCUT2D eigenvalue weighted by atomic mass is 9.88. The van der Waals surface area contributed by atoms with E-state index in [1.807, 2.05) is 73.1 Å². The monoisotopic (exact) mass is 626 g/mol. The zero-order valence-corrected chi connectivity index (χ0v) is 25.9. The van der Waals surface area contributed by atoms with Crippen LogP contribution in [-0.2, 0) is 19.1 Å². The number of esters is 2. The number of methoxy groups -OCH3 is 2. The third kappa shape index (κ3) is 7.51. The molecule has 4 aromatic carbocycles. The smallest absolute Gasteiger partial charge is 0.306 e. The van der Waals surface area contributed by atoms with Crippen molar-refractivity contribution < 1.29 is 19.1 Å². The van der Waals surface area contributed by atoms with Gasteiger partial charge in [0.05, 0.1) is 27.1 Å². The van der Waals surface area contributed by atoms with Gasteiger partial charge in [-0.2, -0.15) is 0 Å². The quantitative estimate of drug-likeness (QED) is 0.165. The number of aromatic nitrogens is 2. The molecule has 0 saturated heterocycles. The van der Waals surface area contributed by atoms with Gasteiger partial charge in [0.25, 0.3) is 0 Å². The Morgan fingerprint density at radius 1 is 0.568 bits per heavy atom. The molecule has 0 saturated carbocycles. The second-order valence-corrected chi connectivity index (χ2v) is 11.3. The van der Waals surface area contributed by atoms with Gasteiger partial charge in [-0.25, -0.2) is 0 Å². The Morgan fingerprint density at radius 3 is 1.30 bits per heavy atom. The van der Waals surface area contributed by atoms with E-state index in [0.717, 1.165) is 44.1 Å². The van der Waals surface area contributed by atoms with E-state index in [-0.39, 0.29) is 23.8 Å². The van der Waals surface area contributed by atoms with Crippen LogP contribution in [0.15, 0.2) is 109 Å². The molecule has 0 bridgehead atoms. The van der Waals surface area contributed by atoms with Gasteiger partial charge in [-0.1, -0.05) is 71.7 Å². The molecule has 6 aromatic rings. The number of nitrogens with one attached hydrogen (secondary N) is 2. The van der Waals surface area contributed by atoms with Crippen molar-refractivity contribution in [2.24, 2.45) is 0 Å². The van der Waals surface area contributed by atoms with Crippen LogP contribution >= 0.6 is 23.2 Å². The van der Waals surface area contributed by atoms with E-state index in [2.05, 4.69) is 46.4 Å². The van der Waals surface area contributed by atoms with Crippen LogP contribution in [0.5, 0.6) is 0 Å². The first kappa shape index (κ1) is 30.9. The van der Waals surface area contributed by atoms with E-state index in [1.54, 1.807) is 0 Å². The number of carbonyl (C=O) groups excluding carboxylic acids is 2. The molecular weight excluding hydrogens is 595 g/mol. The van der Waals surface area contributed by atoms with Crippen molar-refractivity contribution in [3.05, 3.63) is 142 Å². The molecule has 44 heavy (non-hydrogen) atoms. The summed E-state index contributed by atoms with van der Waals surface area (Å²) >= 11 is 11.9. The van der Waals surface area contributed by atoms with Crippen molar-refractivity contribution in [3.63, 3.8) is 0 Å². The van der Waals surface area contributed by atoms with Crippen LogP contribution in [-0.4, -0.2) is 36.1 Å². The molecule has 8 heteroatoms. The van der Waals surface area contributed by atoms with Gasteiger partial charge in [0.2, 0.25) is 0 Å². The van der Waals surface area contributed by atoms with Crippen molar-refractivity contribution in [1.82, 2.24) is 9.97 Å². The van der Waals surface area contributed by atoms with Crippen molar-refractivity contribution in [3.8, 4) is 0 Å². The molecule has 2 aromatic heterocycles. The fourth-order valence-corrected chi connectivity index (χ4v) is 5.56. The lowest BCUT2D eigenvalue weighted by molar-refractivity contribution is -0.141. The Balaban J connectivity index is 0.000000175. The Kier molecular flexibility index (Phi) is 10.1. The van der Waals surface area contributed by atoms with Crippen LogP contribution in [0, 0.1) is 0 Å². The molecule has 0 amide bonds. The minimum Gasteiger partial charge on any atom is -0.469 e. The maximum atomic E-state index is 11.8. The van der Waals surface area contributed by atoms with E-state index < -0.39 is 0 Å². The highest BCUT2D eigenvalue weighted by atomic mass is 35.5. The number of hydrogen-bond donors (Lipinski definition) is 2. The molecule has 2 N–H and O–H groups in total. The number of aromatic amines is 2. The summed E-state index contributed by atoms with van der Waals surface area (Å²) in [5.41, 5.74) is 6.34. The van der Waals surface area contributed by atoms with Gasteiger partial charge < -0.3 is 19.4 Å². The lowest BCUT2D eigenvalue weighted by Crippen LogP contribution is -2.10. The predicted octanol–water partition coefficient (Wildman–Crippen LogP) is 9.03. The number of H-pyrrole nitrogens is 2. The molecule has 0 aliphatic rings. The molecule has 0 fully saturated rings. The number of rotatable bonds is 8. The highest BCUT2D eigenvalue weighted by Crippen LogP contribution is 2.32. The summed E-state index contributed by atoms with van der Waals surface area (Å²) in [7, 11) is 2.82. The zero-order chi connectivity index (χ0) is 31.1. The molecular formula is C36H32Cl2N2O4. The second-order valence-electron chi connectivity index (χ2n) is 10.4. The molecule has 0 radical (unpaired) electrons. The first-order valence-electron chi connectivity index (χ1n) is 14.1. The van der Waals surface area contributed by atoms with Gasteiger partial charge in [-0.05, 0) is 81.6 Å². The van der Waals surface area contributed by atoms with Crippen molar-refractivity contribution in [1.29, 1.82) is 0 Å². The van der Waals surface area contributed by atoms with E-state index in [1.165, 1.54) is 14.2 Å². The summed E-state index contributed by atoms with van der Waals surface area (Å²) in [6.45, 7) is 0. The minimum atomic E-state index is -0.230. The Labute approximate surface area is 265 Å². The van der Waals surface area contributed by atoms with Gasteiger partial charge in [0, 0.05) is 45.3 Å². The highest BCUT2D eigenvalue weighted by Gasteiger charge is 2.20. The molecule has 6 nitrogen and oxygen atoms in total. The van der Waals surface area contributed by atoms with Gasteiger partial charge >= 0.3 is 11.9 Å². The van der Waals surface area contributed by atoms with Crippen LogP contribution < -0.4 is 0 Å². The van der Waals surface area contributed by atoms with Crippen LogP contribution in [0.1, 0.15) is 46.9 Å². The van der Waals surface area contributed by atoms with Crippen molar-refractivity contribution in [2.75, 3.05) is 14.2 Å². The molecule has 0 spiro atoms. The van der Waals surface area contributed by atoms with Crippen LogP contribution in [0.2, 0.25) is 10.0 Å². The summed E-state index contributed by atoms with van der Waals surface area (Å²) in [6, 6.07) is 31.6. The summed E-state index contributed by atoms with van der Waals surface area (Å²) in [5, 5.41) is 3.66. The zero-order valence-electron chi connectivity index (χ0n) is 24.4. The average Bonchev–Trinajstić information content (AvgIpc) is 3.72. The third-order valence-electron chi connectivity index (χ3n) is 7.70. The average molecular weight is 628 g/mol. The summed E-state index contributed by atoms with van der Waals surface area (Å²) < 4.78 is 9.69. The first-order valence-corrected chi connectivity index (χ1v) is 14.9. The number of ether oxygens (including phenoxy) is 2. The molecule has 6 rings (SSSR count). The fourth-order valence-electron chi connectivity index (χ4n) is 5.31. The third-order valence-corrected chi connectivity index (χ3v) is 8.21. The number of benzene rings is 4. The van der Waals surface area contributed by atoms with Gasteiger partial charge in [-0.15, -0.1) is 0 Å². The number of halogens is 2. The van der Waals surface area contributed by atoms with Crippen LogP contribution in [0.4, 0.5) is 0 Å².